The Balaban J connectivity index is 1.45. The van der Waals surface area contributed by atoms with Crippen LogP contribution in [0.3, 0.4) is 0 Å². The second-order valence-electron chi connectivity index (χ2n) is 6.56. The fourth-order valence-corrected chi connectivity index (χ4v) is 3.56. The van der Waals surface area contributed by atoms with Crippen molar-refractivity contribution < 1.29 is 14.4 Å². The zero-order valence-electron chi connectivity index (χ0n) is 14.2. The maximum Gasteiger partial charge on any atom is 0.324 e. The molecule has 4 rings (SSSR count). The van der Waals surface area contributed by atoms with Crippen molar-refractivity contribution in [2.75, 3.05) is 19.6 Å². The predicted molar refractivity (Wildman–Crippen MR) is 96.4 cm³/mol. The van der Waals surface area contributed by atoms with Crippen molar-refractivity contribution in [3.8, 4) is 11.1 Å². The molecule has 0 spiro atoms. The number of carbonyl (C=O) groups excluding carboxylic acids is 3. The minimum Gasteiger partial charge on any atom is -0.336 e. The van der Waals surface area contributed by atoms with Gasteiger partial charge in [0.15, 0.2) is 0 Å². The summed E-state index contributed by atoms with van der Waals surface area (Å²) in [6, 6.07) is 16.9. The van der Waals surface area contributed by atoms with E-state index < -0.39 is 0 Å². The largest absolute Gasteiger partial charge is 0.336 e. The van der Waals surface area contributed by atoms with Crippen LogP contribution < -0.4 is 5.32 Å². The van der Waals surface area contributed by atoms with Gasteiger partial charge in [-0.15, -0.1) is 0 Å². The monoisotopic (exact) mass is 349 g/mol. The van der Waals surface area contributed by atoms with Gasteiger partial charge in [0, 0.05) is 18.7 Å². The van der Waals surface area contributed by atoms with Crippen LogP contribution in [0.25, 0.3) is 11.1 Å². The normalized spacial score (nSPS) is 19.8. The van der Waals surface area contributed by atoms with Gasteiger partial charge in [0.2, 0.25) is 5.91 Å². The fourth-order valence-electron chi connectivity index (χ4n) is 3.56. The summed E-state index contributed by atoms with van der Waals surface area (Å²) < 4.78 is 0. The molecule has 0 saturated carbocycles. The maximum absolute atomic E-state index is 12.7. The SMILES string of the molecule is O=C(c1ccc(-c2ccccc2)cc1)N1CCC(N2C(=O)CNC2=O)C1. The van der Waals surface area contributed by atoms with E-state index >= 15 is 0 Å². The number of rotatable bonds is 3. The average molecular weight is 349 g/mol. The standard InChI is InChI=1S/C20H19N3O3/c24-18-12-21-20(26)23(18)17-10-11-22(13-17)19(25)16-8-6-15(7-9-16)14-4-2-1-3-5-14/h1-9,17H,10-13H2,(H,21,26). The third kappa shape index (κ3) is 2.94. The highest BCUT2D eigenvalue weighted by Gasteiger charge is 2.39. The number of hydrogen-bond acceptors (Lipinski definition) is 3. The van der Waals surface area contributed by atoms with Crippen LogP contribution in [0.1, 0.15) is 16.8 Å². The van der Waals surface area contributed by atoms with Crippen LogP contribution in [-0.4, -0.2) is 53.3 Å². The van der Waals surface area contributed by atoms with Crippen molar-refractivity contribution >= 4 is 17.8 Å². The van der Waals surface area contributed by atoms with Gasteiger partial charge in [0.25, 0.3) is 5.91 Å². The van der Waals surface area contributed by atoms with Gasteiger partial charge in [-0.05, 0) is 29.7 Å². The lowest BCUT2D eigenvalue weighted by molar-refractivity contribution is -0.126. The first-order valence-electron chi connectivity index (χ1n) is 8.68. The van der Waals surface area contributed by atoms with E-state index in [0.717, 1.165) is 11.1 Å². The molecule has 2 fully saturated rings. The number of benzene rings is 2. The average Bonchev–Trinajstić information content (AvgIpc) is 3.28. The lowest BCUT2D eigenvalue weighted by Gasteiger charge is -2.21. The van der Waals surface area contributed by atoms with Crippen molar-refractivity contribution in [1.82, 2.24) is 15.1 Å². The van der Waals surface area contributed by atoms with Gasteiger partial charge in [0.05, 0.1) is 12.6 Å². The molecule has 2 aromatic carbocycles. The summed E-state index contributed by atoms with van der Waals surface area (Å²) in [5.74, 6) is -0.291. The van der Waals surface area contributed by atoms with Crippen molar-refractivity contribution in [3.05, 3.63) is 60.2 Å². The minimum absolute atomic E-state index is 0.0459. The maximum atomic E-state index is 12.7. The first kappa shape index (κ1) is 16.3. The van der Waals surface area contributed by atoms with Gasteiger partial charge < -0.3 is 10.2 Å². The molecule has 1 unspecified atom stereocenters. The second kappa shape index (κ2) is 6.63. The van der Waals surface area contributed by atoms with Crippen molar-refractivity contribution in [2.24, 2.45) is 0 Å². The van der Waals surface area contributed by atoms with E-state index in [4.69, 9.17) is 0 Å². The number of imide groups is 1. The molecule has 0 radical (unpaired) electrons. The molecular weight excluding hydrogens is 330 g/mol. The van der Waals surface area contributed by atoms with E-state index in [1.807, 2.05) is 54.6 Å². The van der Waals surface area contributed by atoms with Crippen LogP contribution in [0.2, 0.25) is 0 Å². The zero-order valence-corrected chi connectivity index (χ0v) is 14.2. The van der Waals surface area contributed by atoms with E-state index in [1.165, 1.54) is 4.90 Å². The smallest absolute Gasteiger partial charge is 0.324 e. The lowest BCUT2D eigenvalue weighted by Crippen LogP contribution is -2.42. The molecule has 1 N–H and O–H groups in total. The van der Waals surface area contributed by atoms with Crippen molar-refractivity contribution in [1.29, 1.82) is 0 Å². The number of carbonyl (C=O) groups is 3. The highest BCUT2D eigenvalue weighted by molar-refractivity contribution is 6.02. The summed E-state index contributed by atoms with van der Waals surface area (Å²) in [7, 11) is 0. The van der Waals surface area contributed by atoms with Crippen molar-refractivity contribution in [2.45, 2.75) is 12.5 Å². The molecule has 2 aliphatic heterocycles. The van der Waals surface area contributed by atoms with E-state index in [9.17, 15) is 14.4 Å². The Morgan fingerprint density at radius 2 is 1.65 bits per heavy atom. The summed E-state index contributed by atoms with van der Waals surface area (Å²) in [4.78, 5) is 39.3. The fraction of sp³-hybridized carbons (Fsp3) is 0.250. The molecule has 6 nitrogen and oxygen atoms in total. The molecule has 0 bridgehead atoms. The number of urea groups is 1. The number of nitrogens with one attached hydrogen (secondary N) is 1. The summed E-state index contributed by atoms with van der Waals surface area (Å²) >= 11 is 0. The Morgan fingerprint density at radius 3 is 2.31 bits per heavy atom. The minimum atomic E-state index is -0.360. The number of hydrogen-bond donors (Lipinski definition) is 1. The van der Waals surface area contributed by atoms with Crippen LogP contribution in [0.15, 0.2) is 54.6 Å². The van der Waals surface area contributed by atoms with Crippen LogP contribution in [0.5, 0.6) is 0 Å². The first-order valence-corrected chi connectivity index (χ1v) is 8.68. The second-order valence-corrected chi connectivity index (χ2v) is 6.56. The zero-order chi connectivity index (χ0) is 18.1. The molecule has 2 heterocycles. The number of amides is 4. The van der Waals surface area contributed by atoms with Crippen LogP contribution in [0, 0.1) is 0 Å². The van der Waals surface area contributed by atoms with Crippen LogP contribution in [-0.2, 0) is 4.79 Å². The topological polar surface area (TPSA) is 69.7 Å². The molecule has 2 aromatic rings. The highest BCUT2D eigenvalue weighted by atomic mass is 16.2. The van der Waals surface area contributed by atoms with Gasteiger partial charge in [-0.1, -0.05) is 42.5 Å². The molecule has 6 heteroatoms. The molecule has 0 aliphatic carbocycles. The van der Waals surface area contributed by atoms with E-state index in [2.05, 4.69) is 5.32 Å². The molecule has 132 valence electrons. The Hall–Kier alpha value is -3.15. The Morgan fingerprint density at radius 1 is 0.962 bits per heavy atom. The van der Waals surface area contributed by atoms with Gasteiger partial charge in [0.1, 0.15) is 0 Å². The van der Waals surface area contributed by atoms with E-state index in [0.29, 0.717) is 25.1 Å². The van der Waals surface area contributed by atoms with Gasteiger partial charge >= 0.3 is 6.03 Å². The molecule has 1 atom stereocenters. The van der Waals surface area contributed by atoms with Crippen molar-refractivity contribution in [3.63, 3.8) is 0 Å². The number of likely N-dealkylation sites (tertiary alicyclic amines) is 1. The summed E-state index contributed by atoms with van der Waals surface area (Å²) in [5.41, 5.74) is 2.77. The van der Waals surface area contributed by atoms with Crippen LogP contribution >= 0.6 is 0 Å². The molecule has 4 amide bonds. The first-order chi connectivity index (χ1) is 12.6. The lowest BCUT2D eigenvalue weighted by atomic mass is 10.0. The molecule has 0 aromatic heterocycles. The molecular formula is C20H19N3O3. The molecule has 2 saturated heterocycles. The summed E-state index contributed by atoms with van der Waals surface area (Å²) in [5, 5.41) is 2.53. The summed E-state index contributed by atoms with van der Waals surface area (Å²) in [6.07, 6.45) is 0.618. The predicted octanol–water partition coefficient (Wildman–Crippen LogP) is 2.12. The molecule has 2 aliphatic rings. The highest BCUT2D eigenvalue weighted by Crippen LogP contribution is 2.23. The van der Waals surface area contributed by atoms with Gasteiger partial charge in [-0.3, -0.25) is 14.5 Å². The van der Waals surface area contributed by atoms with E-state index in [1.54, 1.807) is 4.90 Å². The third-order valence-electron chi connectivity index (χ3n) is 4.93. The molecule has 26 heavy (non-hydrogen) atoms. The van der Waals surface area contributed by atoms with Gasteiger partial charge in [-0.2, -0.15) is 0 Å². The van der Waals surface area contributed by atoms with E-state index in [-0.39, 0.29) is 30.4 Å². The Labute approximate surface area is 151 Å². The van der Waals surface area contributed by atoms with Crippen LogP contribution in [0.4, 0.5) is 4.79 Å². The number of nitrogens with zero attached hydrogens (tertiary/aromatic N) is 2. The van der Waals surface area contributed by atoms with Gasteiger partial charge in [-0.25, -0.2) is 4.79 Å². The Bertz CT molecular complexity index is 832. The third-order valence-corrected chi connectivity index (χ3v) is 4.93. The Kier molecular flexibility index (Phi) is 4.16. The quantitative estimate of drug-likeness (QED) is 0.863. The summed E-state index contributed by atoms with van der Waals surface area (Å²) in [6.45, 7) is 0.976.